The predicted octanol–water partition coefficient (Wildman–Crippen LogP) is 4.82. The number of hydrogen-bond acceptors (Lipinski definition) is 6. The number of thioether (sulfide) groups is 1. The van der Waals surface area contributed by atoms with Crippen LogP contribution in [0.4, 0.5) is 4.79 Å². The van der Waals surface area contributed by atoms with Gasteiger partial charge in [-0.15, -0.1) is 5.10 Å². The van der Waals surface area contributed by atoms with Crippen molar-refractivity contribution in [2.75, 3.05) is 0 Å². The molecule has 10 heteroatoms. The third-order valence-corrected chi connectivity index (χ3v) is 6.45. The van der Waals surface area contributed by atoms with E-state index in [1.165, 1.54) is 23.1 Å². The molecule has 29 heavy (non-hydrogen) atoms. The van der Waals surface area contributed by atoms with Crippen molar-refractivity contribution in [3.05, 3.63) is 69.1 Å². The smallest absolute Gasteiger partial charge is 0.321 e. The highest BCUT2D eigenvalue weighted by Crippen LogP contribution is 2.28. The average molecular weight is 465 g/mol. The summed E-state index contributed by atoms with van der Waals surface area (Å²) in [4.78, 5) is 24.3. The van der Waals surface area contributed by atoms with E-state index < -0.39 is 17.2 Å². The highest BCUT2D eigenvalue weighted by atomic mass is 35.5. The SMILES string of the molecule is CC(Sc1nn(-c2ccc(Cl)cc2)c(=S)s1)C(=O)NC(=O)NCc1ccccc1. The quantitative estimate of drug-likeness (QED) is 0.404. The first kappa shape index (κ1) is 21.5. The number of halogens is 1. The summed E-state index contributed by atoms with van der Waals surface area (Å²) in [6.07, 6.45) is 0. The van der Waals surface area contributed by atoms with Gasteiger partial charge in [0, 0.05) is 11.6 Å². The number of rotatable bonds is 6. The number of carbonyl (C=O) groups is 2. The number of nitrogens with zero attached hydrogens (tertiary/aromatic N) is 2. The Bertz CT molecular complexity index is 1050. The number of hydrogen-bond donors (Lipinski definition) is 2. The largest absolute Gasteiger partial charge is 0.334 e. The molecule has 1 unspecified atom stereocenters. The molecule has 0 aliphatic heterocycles. The zero-order chi connectivity index (χ0) is 20.8. The molecule has 0 bridgehead atoms. The molecule has 1 aromatic heterocycles. The molecule has 2 aromatic carbocycles. The second kappa shape index (κ2) is 10.0. The summed E-state index contributed by atoms with van der Waals surface area (Å²) in [5.41, 5.74) is 1.74. The van der Waals surface area contributed by atoms with E-state index in [4.69, 9.17) is 23.8 Å². The van der Waals surface area contributed by atoms with E-state index in [1.54, 1.807) is 23.7 Å². The minimum absolute atomic E-state index is 0.342. The third kappa shape index (κ3) is 6.14. The van der Waals surface area contributed by atoms with Crippen LogP contribution in [0.15, 0.2) is 58.9 Å². The van der Waals surface area contributed by atoms with E-state index >= 15 is 0 Å². The predicted molar refractivity (Wildman–Crippen MR) is 119 cm³/mol. The van der Waals surface area contributed by atoms with Crippen molar-refractivity contribution in [3.63, 3.8) is 0 Å². The van der Waals surface area contributed by atoms with Crippen LogP contribution in [-0.4, -0.2) is 27.0 Å². The van der Waals surface area contributed by atoms with Crippen molar-refractivity contribution >= 4 is 58.9 Å². The standard InChI is InChI=1S/C19H17ClN4O2S3/c1-12(16(25)22-17(26)21-11-13-5-3-2-4-6-13)28-18-23-24(19(27)29-18)15-9-7-14(20)8-10-15/h2-10,12H,11H2,1H3,(H2,21,22,25,26). The Hall–Kier alpha value is -2.20. The molecule has 1 atom stereocenters. The number of aromatic nitrogens is 2. The van der Waals surface area contributed by atoms with E-state index in [-0.39, 0.29) is 0 Å². The summed E-state index contributed by atoms with van der Waals surface area (Å²) in [6.45, 7) is 2.05. The maximum Gasteiger partial charge on any atom is 0.321 e. The van der Waals surface area contributed by atoms with Crippen molar-refractivity contribution in [1.82, 2.24) is 20.4 Å². The van der Waals surface area contributed by atoms with Crippen molar-refractivity contribution in [2.24, 2.45) is 0 Å². The summed E-state index contributed by atoms with van der Waals surface area (Å²) in [5, 5.41) is 9.58. The molecule has 0 radical (unpaired) electrons. The first-order chi connectivity index (χ1) is 13.9. The molecule has 0 aliphatic rings. The summed E-state index contributed by atoms with van der Waals surface area (Å²) in [6, 6.07) is 16.1. The second-order valence-electron chi connectivity index (χ2n) is 5.94. The van der Waals surface area contributed by atoms with Gasteiger partial charge in [-0.05, 0) is 49.0 Å². The molecule has 3 rings (SSSR count). The molecule has 3 aromatic rings. The molecule has 3 amide bonds. The van der Waals surface area contributed by atoms with Gasteiger partial charge in [0.2, 0.25) is 5.91 Å². The van der Waals surface area contributed by atoms with Crippen LogP contribution < -0.4 is 10.6 Å². The van der Waals surface area contributed by atoms with Gasteiger partial charge < -0.3 is 5.32 Å². The highest BCUT2D eigenvalue weighted by Gasteiger charge is 2.19. The lowest BCUT2D eigenvalue weighted by molar-refractivity contribution is -0.119. The van der Waals surface area contributed by atoms with Crippen molar-refractivity contribution in [1.29, 1.82) is 0 Å². The van der Waals surface area contributed by atoms with Gasteiger partial charge in [0.25, 0.3) is 0 Å². The molecular formula is C19H17ClN4O2S3. The summed E-state index contributed by atoms with van der Waals surface area (Å²) in [5.74, 6) is -0.403. The molecule has 0 spiro atoms. The Morgan fingerprint density at radius 1 is 1.21 bits per heavy atom. The van der Waals surface area contributed by atoms with Crippen LogP contribution in [0.1, 0.15) is 12.5 Å². The van der Waals surface area contributed by atoms with Crippen LogP contribution in [0, 0.1) is 3.95 Å². The first-order valence-electron chi connectivity index (χ1n) is 8.58. The fourth-order valence-corrected chi connectivity index (χ4v) is 4.93. The van der Waals surface area contributed by atoms with Crippen molar-refractivity contribution < 1.29 is 9.59 Å². The zero-order valence-corrected chi connectivity index (χ0v) is 18.5. The van der Waals surface area contributed by atoms with Gasteiger partial charge in [0.15, 0.2) is 8.29 Å². The second-order valence-corrected chi connectivity index (χ2v) is 9.59. The van der Waals surface area contributed by atoms with Gasteiger partial charge in [-0.2, -0.15) is 0 Å². The monoisotopic (exact) mass is 464 g/mol. The molecule has 6 nitrogen and oxygen atoms in total. The summed E-state index contributed by atoms with van der Waals surface area (Å²) >= 11 is 13.8. The van der Waals surface area contributed by atoms with Crippen LogP contribution >= 0.6 is 46.9 Å². The number of benzene rings is 2. The van der Waals surface area contributed by atoms with Crippen molar-refractivity contribution in [3.8, 4) is 5.69 Å². The van der Waals surface area contributed by atoms with Gasteiger partial charge >= 0.3 is 6.03 Å². The molecule has 150 valence electrons. The zero-order valence-electron chi connectivity index (χ0n) is 15.3. The maximum absolute atomic E-state index is 12.3. The number of nitrogens with one attached hydrogen (secondary N) is 2. The normalized spacial score (nSPS) is 11.7. The molecule has 0 saturated carbocycles. The summed E-state index contributed by atoms with van der Waals surface area (Å²) < 4.78 is 2.82. The molecule has 1 heterocycles. The van der Waals surface area contributed by atoms with Gasteiger partial charge in [-0.3, -0.25) is 10.1 Å². The first-order valence-corrected chi connectivity index (χ1v) is 11.1. The van der Waals surface area contributed by atoms with E-state index in [9.17, 15) is 9.59 Å². The number of amides is 3. The molecule has 0 saturated heterocycles. The Morgan fingerprint density at radius 3 is 2.59 bits per heavy atom. The average Bonchev–Trinajstić information content (AvgIpc) is 3.07. The van der Waals surface area contributed by atoms with Crippen LogP contribution in [0.2, 0.25) is 5.02 Å². The van der Waals surface area contributed by atoms with Gasteiger partial charge in [0.05, 0.1) is 10.9 Å². The maximum atomic E-state index is 12.3. The number of carbonyl (C=O) groups excluding carboxylic acids is 2. The van der Waals surface area contributed by atoms with E-state index in [2.05, 4.69) is 15.7 Å². The minimum atomic E-state index is -0.536. The molecule has 0 aliphatic carbocycles. The van der Waals surface area contributed by atoms with Crippen molar-refractivity contribution in [2.45, 2.75) is 23.1 Å². The van der Waals surface area contributed by atoms with Gasteiger partial charge in [-0.25, -0.2) is 9.48 Å². The van der Waals surface area contributed by atoms with E-state index in [0.29, 0.717) is 19.9 Å². The van der Waals surface area contributed by atoms with Crippen LogP contribution in [0.25, 0.3) is 5.69 Å². The van der Waals surface area contributed by atoms with Crippen LogP contribution in [0.3, 0.4) is 0 Å². The Kier molecular flexibility index (Phi) is 7.43. The highest BCUT2D eigenvalue weighted by molar-refractivity contribution is 8.02. The molecule has 2 N–H and O–H groups in total. The van der Waals surface area contributed by atoms with E-state index in [0.717, 1.165) is 11.3 Å². The Balaban J connectivity index is 1.55. The lowest BCUT2D eigenvalue weighted by Gasteiger charge is -2.10. The van der Waals surface area contributed by atoms with Crippen LogP contribution in [0.5, 0.6) is 0 Å². The fraction of sp³-hybridized carbons (Fsp3) is 0.158. The lowest BCUT2D eigenvalue weighted by Crippen LogP contribution is -2.42. The Labute approximate surface area is 186 Å². The number of imide groups is 1. The fourth-order valence-electron chi connectivity index (χ4n) is 2.29. The Morgan fingerprint density at radius 2 is 1.90 bits per heavy atom. The topological polar surface area (TPSA) is 76.0 Å². The van der Waals surface area contributed by atoms with E-state index in [1.807, 2.05) is 42.5 Å². The van der Waals surface area contributed by atoms with Crippen LogP contribution in [-0.2, 0) is 11.3 Å². The molecule has 0 fully saturated rings. The van der Waals surface area contributed by atoms with Gasteiger partial charge in [-0.1, -0.05) is 65.0 Å². The molecular weight excluding hydrogens is 448 g/mol. The van der Waals surface area contributed by atoms with Gasteiger partial charge in [0.1, 0.15) is 0 Å². The summed E-state index contributed by atoms with van der Waals surface area (Å²) in [7, 11) is 0. The lowest BCUT2D eigenvalue weighted by atomic mass is 10.2. The number of urea groups is 1. The minimum Gasteiger partial charge on any atom is -0.334 e. The third-order valence-electron chi connectivity index (χ3n) is 3.78.